The van der Waals surface area contributed by atoms with Crippen molar-refractivity contribution in [2.24, 2.45) is 13.0 Å². The molecule has 0 atom stereocenters. The van der Waals surface area contributed by atoms with Crippen molar-refractivity contribution in [3.63, 3.8) is 0 Å². The first kappa shape index (κ1) is 19.4. The van der Waals surface area contributed by atoms with Gasteiger partial charge < -0.3 is 9.47 Å². The van der Waals surface area contributed by atoms with Crippen LogP contribution in [0.15, 0.2) is 11.0 Å². The normalized spacial score (nSPS) is 16.3. The van der Waals surface area contributed by atoms with Crippen LogP contribution in [0, 0.1) is 19.8 Å². The summed E-state index contributed by atoms with van der Waals surface area (Å²) in [6, 6.07) is 1.52. The Balaban J connectivity index is 1.95. The first-order chi connectivity index (χ1) is 12.1. The summed E-state index contributed by atoms with van der Waals surface area (Å²) in [7, 11) is 3.45. The van der Waals surface area contributed by atoms with Crippen LogP contribution < -0.4 is 0 Å². The third-order valence-corrected chi connectivity index (χ3v) is 7.64. The number of carbonyl (C=O) groups excluding carboxylic acids is 1. The lowest BCUT2D eigenvalue weighted by molar-refractivity contribution is 0.0701. The summed E-state index contributed by atoms with van der Waals surface area (Å²) in [5.74, 6) is 0.661. The minimum absolute atomic E-state index is 0.00858. The van der Waals surface area contributed by atoms with Gasteiger partial charge in [-0.25, -0.2) is 13.4 Å². The Bertz CT molecular complexity index is 954. The maximum absolute atomic E-state index is 12.9. The number of nitrogens with zero attached hydrogens (tertiary/aromatic N) is 3. The van der Waals surface area contributed by atoms with Gasteiger partial charge in [-0.2, -0.15) is 0 Å². The lowest BCUT2D eigenvalue weighted by atomic mass is 9.99. The van der Waals surface area contributed by atoms with Gasteiger partial charge in [-0.1, -0.05) is 6.92 Å². The highest BCUT2D eigenvalue weighted by Gasteiger charge is 2.27. The van der Waals surface area contributed by atoms with Crippen molar-refractivity contribution in [1.82, 2.24) is 14.5 Å². The van der Waals surface area contributed by atoms with Crippen LogP contribution >= 0.6 is 22.0 Å². The van der Waals surface area contributed by atoms with Crippen molar-refractivity contribution < 1.29 is 13.2 Å². The number of hydrogen-bond acceptors (Lipinski definition) is 5. The van der Waals surface area contributed by atoms with Crippen molar-refractivity contribution in [2.45, 2.75) is 38.5 Å². The number of amides is 1. The molecule has 1 saturated heterocycles. The van der Waals surface area contributed by atoms with E-state index in [0.717, 1.165) is 25.9 Å². The molecule has 0 N–H and O–H groups in total. The third kappa shape index (κ3) is 3.54. The fraction of sp³-hybridized carbons (Fsp3) is 0.529. The number of rotatable bonds is 3. The average Bonchev–Trinajstić information content (AvgIpc) is 3.08. The van der Waals surface area contributed by atoms with Gasteiger partial charge >= 0.3 is 0 Å². The molecule has 2 aromatic rings. The molecular weight excluding hydrogens is 394 g/mol. The van der Waals surface area contributed by atoms with Crippen molar-refractivity contribution >= 4 is 37.0 Å². The molecule has 2 aromatic heterocycles. The molecule has 1 fully saturated rings. The van der Waals surface area contributed by atoms with Gasteiger partial charge in [0.2, 0.25) is 0 Å². The molecule has 0 aromatic carbocycles. The number of thiazole rings is 1. The predicted molar refractivity (Wildman–Crippen MR) is 103 cm³/mol. The van der Waals surface area contributed by atoms with Gasteiger partial charge in [0.05, 0.1) is 11.4 Å². The Morgan fingerprint density at radius 2 is 1.92 bits per heavy atom. The summed E-state index contributed by atoms with van der Waals surface area (Å²) < 4.78 is 25.2. The molecule has 9 heteroatoms. The molecule has 1 aliphatic rings. The summed E-state index contributed by atoms with van der Waals surface area (Å²) in [6.07, 6.45) is 2.04. The van der Waals surface area contributed by atoms with Gasteiger partial charge in [-0.05, 0) is 38.7 Å². The van der Waals surface area contributed by atoms with E-state index in [1.165, 1.54) is 17.4 Å². The first-order valence-corrected chi connectivity index (χ1v) is 11.6. The fourth-order valence-electron chi connectivity index (χ4n) is 3.18. The Labute approximate surface area is 162 Å². The molecule has 0 bridgehead atoms. The molecule has 0 aliphatic carbocycles. The van der Waals surface area contributed by atoms with Crippen LogP contribution in [-0.2, 0) is 16.1 Å². The minimum atomic E-state index is -3.83. The number of aromatic nitrogens is 2. The predicted octanol–water partition coefficient (Wildman–Crippen LogP) is 3.57. The van der Waals surface area contributed by atoms with E-state index in [1.807, 2.05) is 11.8 Å². The monoisotopic (exact) mass is 415 g/mol. The second-order valence-corrected chi connectivity index (χ2v) is 10.4. The van der Waals surface area contributed by atoms with E-state index >= 15 is 0 Å². The molecule has 1 aliphatic heterocycles. The molecule has 0 spiro atoms. The van der Waals surface area contributed by atoms with E-state index in [0.29, 0.717) is 32.9 Å². The van der Waals surface area contributed by atoms with E-state index < -0.39 is 9.05 Å². The summed E-state index contributed by atoms with van der Waals surface area (Å²) in [4.78, 5) is 20.0. The molecule has 142 valence electrons. The number of halogens is 1. The van der Waals surface area contributed by atoms with Crippen LogP contribution in [0.25, 0.3) is 10.7 Å². The summed E-state index contributed by atoms with van der Waals surface area (Å²) in [5.41, 5.74) is 1.85. The third-order valence-electron chi connectivity index (χ3n) is 5.03. The number of piperidine rings is 1. The highest BCUT2D eigenvalue weighted by atomic mass is 35.7. The zero-order valence-corrected chi connectivity index (χ0v) is 17.6. The zero-order valence-electron chi connectivity index (χ0n) is 15.2. The van der Waals surface area contributed by atoms with E-state index in [-0.39, 0.29) is 10.8 Å². The van der Waals surface area contributed by atoms with Gasteiger partial charge in [-0.15, -0.1) is 11.3 Å². The second kappa shape index (κ2) is 6.98. The lowest BCUT2D eigenvalue weighted by Crippen LogP contribution is -2.37. The van der Waals surface area contributed by atoms with Crippen LogP contribution in [0.3, 0.4) is 0 Å². The average molecular weight is 416 g/mol. The Kier molecular flexibility index (Phi) is 5.20. The number of likely N-dealkylation sites (tertiary alicyclic amines) is 1. The van der Waals surface area contributed by atoms with Crippen LogP contribution in [0.2, 0.25) is 0 Å². The molecule has 6 nitrogen and oxygen atoms in total. The summed E-state index contributed by atoms with van der Waals surface area (Å²) in [5, 5.41) is 0.619. The van der Waals surface area contributed by atoms with E-state index in [4.69, 9.17) is 10.7 Å². The Morgan fingerprint density at radius 1 is 1.31 bits per heavy atom. The highest BCUT2D eigenvalue weighted by Crippen LogP contribution is 2.34. The van der Waals surface area contributed by atoms with Crippen molar-refractivity contribution in [1.29, 1.82) is 0 Å². The number of aryl methyl sites for hydroxylation is 1. The van der Waals surface area contributed by atoms with Crippen molar-refractivity contribution in [3.05, 3.63) is 22.3 Å². The van der Waals surface area contributed by atoms with Crippen LogP contribution in [0.5, 0.6) is 0 Å². The maximum atomic E-state index is 12.9. The van der Waals surface area contributed by atoms with E-state index in [9.17, 15) is 13.2 Å². The molecule has 3 rings (SSSR count). The minimum Gasteiger partial charge on any atom is -0.345 e. The number of hydrogen-bond donors (Lipinski definition) is 0. The molecule has 0 saturated carbocycles. The summed E-state index contributed by atoms with van der Waals surface area (Å²) >= 11 is 1.30. The SMILES string of the molecule is Cc1nc(-c2cc(S(=O)(=O)Cl)c(C)n2C)sc1C(=O)N1CCC(C)CC1. The first-order valence-electron chi connectivity index (χ1n) is 8.47. The standard InChI is InChI=1S/C17H22ClN3O3S2/c1-10-5-7-21(8-6-10)17(22)15-11(2)19-16(25-15)13-9-14(26(18,23)24)12(3)20(13)4/h9-10H,5-8H2,1-4H3. The van der Waals surface area contributed by atoms with E-state index in [1.54, 1.807) is 18.5 Å². The van der Waals surface area contributed by atoms with Gasteiger partial charge in [0.15, 0.2) is 0 Å². The van der Waals surface area contributed by atoms with Gasteiger partial charge in [-0.3, -0.25) is 4.79 Å². The molecule has 0 radical (unpaired) electrons. The topological polar surface area (TPSA) is 72.3 Å². The van der Waals surface area contributed by atoms with E-state index in [2.05, 4.69) is 11.9 Å². The second-order valence-electron chi connectivity index (χ2n) is 6.88. The Hall–Kier alpha value is -1.38. The van der Waals surface area contributed by atoms with Crippen molar-refractivity contribution in [2.75, 3.05) is 13.1 Å². The Morgan fingerprint density at radius 3 is 2.46 bits per heavy atom. The van der Waals surface area contributed by atoms with Crippen LogP contribution in [-0.4, -0.2) is 41.9 Å². The van der Waals surface area contributed by atoms with Gasteiger partial charge in [0.25, 0.3) is 15.0 Å². The van der Waals surface area contributed by atoms with Crippen LogP contribution in [0.1, 0.15) is 40.8 Å². The van der Waals surface area contributed by atoms with Crippen molar-refractivity contribution in [3.8, 4) is 10.7 Å². The molecule has 0 unspecified atom stereocenters. The van der Waals surface area contributed by atoms with Gasteiger partial charge in [0, 0.05) is 36.5 Å². The largest absolute Gasteiger partial charge is 0.345 e. The molecule has 26 heavy (non-hydrogen) atoms. The smallest absolute Gasteiger partial charge is 0.265 e. The molecular formula is C17H22ClN3O3S2. The quantitative estimate of drug-likeness (QED) is 0.718. The summed E-state index contributed by atoms with van der Waals surface area (Å²) in [6.45, 7) is 7.25. The molecule has 1 amide bonds. The van der Waals surface area contributed by atoms with Gasteiger partial charge in [0.1, 0.15) is 14.8 Å². The fourth-order valence-corrected chi connectivity index (χ4v) is 5.48. The highest BCUT2D eigenvalue weighted by molar-refractivity contribution is 8.13. The number of carbonyl (C=O) groups is 1. The molecule has 3 heterocycles. The maximum Gasteiger partial charge on any atom is 0.265 e. The zero-order chi connectivity index (χ0) is 19.2. The van der Waals surface area contributed by atoms with Crippen LogP contribution in [0.4, 0.5) is 0 Å². The lowest BCUT2D eigenvalue weighted by Gasteiger charge is -2.30.